The van der Waals surface area contributed by atoms with Crippen molar-refractivity contribution < 1.29 is 29.0 Å². The number of para-hydroxylation sites is 2. The molecule has 0 radical (unpaired) electrons. The molecule has 0 aliphatic carbocycles. The average Bonchev–Trinajstić information content (AvgIpc) is 2.80. The van der Waals surface area contributed by atoms with Gasteiger partial charge in [0, 0.05) is 18.6 Å². The highest BCUT2D eigenvalue weighted by atomic mass is 16.5. The number of anilines is 2. The van der Waals surface area contributed by atoms with E-state index < -0.39 is 12.1 Å². The summed E-state index contributed by atoms with van der Waals surface area (Å²) in [6.07, 6.45) is 3.24. The van der Waals surface area contributed by atoms with Crippen molar-refractivity contribution in [1.29, 1.82) is 0 Å². The van der Waals surface area contributed by atoms with Gasteiger partial charge in [0.05, 0.1) is 18.5 Å². The summed E-state index contributed by atoms with van der Waals surface area (Å²) < 4.78 is 11.3. The number of benzene rings is 2. The lowest BCUT2D eigenvalue weighted by molar-refractivity contribution is -0.137. The third-order valence-electron chi connectivity index (χ3n) is 5.48. The number of fused-ring (bicyclic) bond motifs is 3. The van der Waals surface area contributed by atoms with Crippen molar-refractivity contribution in [2.24, 2.45) is 0 Å². The lowest BCUT2D eigenvalue weighted by Gasteiger charge is -2.20. The van der Waals surface area contributed by atoms with Crippen LogP contribution >= 0.6 is 0 Å². The zero-order valence-corrected chi connectivity index (χ0v) is 18.8. The van der Waals surface area contributed by atoms with E-state index in [0.717, 1.165) is 5.56 Å². The Morgan fingerprint density at radius 1 is 1.09 bits per heavy atom. The summed E-state index contributed by atoms with van der Waals surface area (Å²) in [7, 11) is 1.56. The number of hydrogen-bond acceptors (Lipinski definition) is 5. The van der Waals surface area contributed by atoms with Crippen LogP contribution in [0, 0.1) is 0 Å². The number of amides is 2. The van der Waals surface area contributed by atoms with E-state index in [9.17, 15) is 14.4 Å². The fraction of sp³-hybridized carbons (Fsp3) is 0.400. The third-order valence-corrected chi connectivity index (χ3v) is 5.48. The molecule has 33 heavy (non-hydrogen) atoms. The summed E-state index contributed by atoms with van der Waals surface area (Å²) in [5, 5.41) is 14.5. The summed E-state index contributed by atoms with van der Waals surface area (Å²) in [4.78, 5) is 36.6. The molecule has 176 valence electrons. The van der Waals surface area contributed by atoms with Gasteiger partial charge in [-0.3, -0.25) is 14.4 Å². The normalized spacial score (nSPS) is 16.7. The molecular formula is C25H30N2O6. The van der Waals surface area contributed by atoms with Gasteiger partial charge in [-0.1, -0.05) is 25.0 Å². The molecule has 0 aromatic heterocycles. The van der Waals surface area contributed by atoms with Crippen molar-refractivity contribution in [3.05, 3.63) is 53.6 Å². The molecule has 1 unspecified atom stereocenters. The number of hydrogen-bond donors (Lipinski definition) is 3. The SMILES string of the molecule is COc1cc2cc(c1)C(=O)Nc1ccccc1NC(=O)C(CCCCCC(=O)O)OCCC2. The molecule has 8 heteroatoms. The maximum atomic E-state index is 13.0. The molecule has 0 saturated heterocycles. The van der Waals surface area contributed by atoms with Crippen molar-refractivity contribution in [2.45, 2.75) is 51.0 Å². The Morgan fingerprint density at radius 3 is 2.58 bits per heavy atom. The number of carbonyl (C=O) groups is 3. The minimum absolute atomic E-state index is 0.118. The molecule has 2 aromatic carbocycles. The number of nitrogens with one attached hydrogen (secondary N) is 2. The van der Waals surface area contributed by atoms with Crippen LogP contribution in [-0.4, -0.2) is 42.7 Å². The number of aryl methyl sites for hydroxylation is 1. The largest absolute Gasteiger partial charge is 0.497 e. The number of unbranched alkanes of at least 4 members (excludes halogenated alkanes) is 2. The van der Waals surface area contributed by atoms with Gasteiger partial charge in [-0.25, -0.2) is 0 Å². The minimum Gasteiger partial charge on any atom is -0.497 e. The number of ether oxygens (including phenoxy) is 2. The molecule has 1 heterocycles. The van der Waals surface area contributed by atoms with Crippen molar-refractivity contribution in [3.8, 4) is 5.75 Å². The van der Waals surface area contributed by atoms with Gasteiger partial charge in [-0.2, -0.15) is 0 Å². The lowest BCUT2D eigenvalue weighted by Crippen LogP contribution is -2.31. The van der Waals surface area contributed by atoms with Crippen LogP contribution in [0.15, 0.2) is 42.5 Å². The highest BCUT2D eigenvalue weighted by Gasteiger charge is 2.21. The van der Waals surface area contributed by atoms with E-state index in [2.05, 4.69) is 10.6 Å². The molecule has 3 rings (SSSR count). The van der Waals surface area contributed by atoms with E-state index in [0.29, 0.717) is 67.8 Å². The number of carbonyl (C=O) groups excluding carboxylic acids is 2. The molecule has 1 aliphatic rings. The maximum Gasteiger partial charge on any atom is 0.303 e. The van der Waals surface area contributed by atoms with Crippen LogP contribution < -0.4 is 15.4 Å². The molecule has 2 amide bonds. The summed E-state index contributed by atoms with van der Waals surface area (Å²) in [5.41, 5.74) is 2.39. The Hall–Kier alpha value is -3.39. The van der Waals surface area contributed by atoms with Gasteiger partial charge in [-0.15, -0.1) is 0 Å². The van der Waals surface area contributed by atoms with Crippen LogP contribution in [0.2, 0.25) is 0 Å². The molecule has 0 fully saturated rings. The zero-order valence-electron chi connectivity index (χ0n) is 18.8. The van der Waals surface area contributed by atoms with Crippen molar-refractivity contribution in [2.75, 3.05) is 24.4 Å². The Balaban J connectivity index is 1.80. The van der Waals surface area contributed by atoms with Crippen LogP contribution in [0.25, 0.3) is 0 Å². The van der Waals surface area contributed by atoms with E-state index in [1.165, 1.54) is 0 Å². The number of carboxylic acid groups (broad SMARTS) is 1. The summed E-state index contributed by atoms with van der Waals surface area (Å²) >= 11 is 0. The van der Waals surface area contributed by atoms with E-state index in [-0.39, 0.29) is 18.2 Å². The molecule has 3 N–H and O–H groups in total. The maximum absolute atomic E-state index is 13.0. The van der Waals surface area contributed by atoms with Crippen molar-refractivity contribution in [1.82, 2.24) is 0 Å². The minimum atomic E-state index is -0.818. The number of methoxy groups -OCH3 is 1. The fourth-order valence-electron chi connectivity index (χ4n) is 3.74. The third kappa shape index (κ3) is 7.32. The monoisotopic (exact) mass is 454 g/mol. The van der Waals surface area contributed by atoms with E-state index in [1.54, 1.807) is 37.4 Å². The Kier molecular flexibility index (Phi) is 8.83. The van der Waals surface area contributed by atoms with Gasteiger partial charge in [-0.05, 0) is 61.6 Å². The Labute approximate surface area is 193 Å². The number of aliphatic carboxylic acids is 1. The van der Waals surface area contributed by atoms with Gasteiger partial charge in [0.1, 0.15) is 11.9 Å². The predicted octanol–water partition coefficient (Wildman–Crippen LogP) is 4.25. The molecule has 2 bridgehead atoms. The molecule has 1 aliphatic heterocycles. The standard InChI is InChI=1S/C25H30N2O6/c1-32-19-15-17-8-7-13-33-22(11-3-2-4-12-23(28)29)25(31)27-21-10-6-5-9-20(21)26-24(30)18(14-17)16-19/h5-6,9-10,14-16,22H,2-4,7-8,11-13H2,1H3,(H,26,30)(H,27,31)(H,28,29). The van der Waals surface area contributed by atoms with Gasteiger partial charge >= 0.3 is 5.97 Å². The predicted molar refractivity (Wildman–Crippen MR) is 125 cm³/mol. The van der Waals surface area contributed by atoms with Crippen LogP contribution in [0.5, 0.6) is 5.75 Å². The highest BCUT2D eigenvalue weighted by molar-refractivity contribution is 6.07. The molecular weight excluding hydrogens is 424 g/mol. The molecule has 8 nitrogen and oxygen atoms in total. The van der Waals surface area contributed by atoms with Gasteiger partial charge in [0.2, 0.25) is 0 Å². The van der Waals surface area contributed by atoms with Crippen LogP contribution in [0.4, 0.5) is 11.4 Å². The fourth-order valence-corrected chi connectivity index (χ4v) is 3.74. The summed E-state index contributed by atoms with van der Waals surface area (Å²) in [6.45, 7) is 0.383. The quantitative estimate of drug-likeness (QED) is 0.539. The molecule has 1 atom stereocenters. The first-order valence-corrected chi connectivity index (χ1v) is 11.2. The Morgan fingerprint density at radius 2 is 1.85 bits per heavy atom. The first-order chi connectivity index (χ1) is 16.0. The lowest BCUT2D eigenvalue weighted by atomic mass is 10.0. The van der Waals surface area contributed by atoms with Crippen molar-refractivity contribution >= 4 is 29.2 Å². The van der Waals surface area contributed by atoms with Gasteiger partial charge < -0.3 is 25.2 Å². The van der Waals surface area contributed by atoms with E-state index >= 15 is 0 Å². The van der Waals surface area contributed by atoms with E-state index in [1.807, 2.05) is 12.1 Å². The second-order valence-corrected chi connectivity index (χ2v) is 8.01. The van der Waals surface area contributed by atoms with Gasteiger partial charge in [0.25, 0.3) is 11.8 Å². The molecule has 2 aromatic rings. The summed E-state index contributed by atoms with van der Waals surface area (Å²) in [6, 6.07) is 12.4. The average molecular weight is 455 g/mol. The van der Waals surface area contributed by atoms with Gasteiger partial charge in [0.15, 0.2) is 0 Å². The first-order valence-electron chi connectivity index (χ1n) is 11.2. The zero-order chi connectivity index (χ0) is 23.6. The van der Waals surface area contributed by atoms with Crippen LogP contribution in [0.1, 0.15) is 54.4 Å². The van der Waals surface area contributed by atoms with E-state index in [4.69, 9.17) is 14.6 Å². The Bertz CT molecular complexity index is 991. The second kappa shape index (κ2) is 12.0. The molecule has 0 spiro atoms. The van der Waals surface area contributed by atoms with Crippen LogP contribution in [-0.2, 0) is 20.7 Å². The first kappa shape index (κ1) is 24.3. The summed E-state index contributed by atoms with van der Waals surface area (Å²) in [5.74, 6) is -0.792. The highest BCUT2D eigenvalue weighted by Crippen LogP contribution is 2.25. The second-order valence-electron chi connectivity index (χ2n) is 8.01. The molecule has 0 saturated carbocycles. The van der Waals surface area contributed by atoms with Crippen molar-refractivity contribution in [3.63, 3.8) is 0 Å². The topological polar surface area (TPSA) is 114 Å². The smallest absolute Gasteiger partial charge is 0.303 e. The number of rotatable bonds is 7. The van der Waals surface area contributed by atoms with Crippen LogP contribution in [0.3, 0.4) is 0 Å². The number of carboxylic acids is 1.